The molecule has 0 bridgehead atoms. The van der Waals surface area contributed by atoms with Gasteiger partial charge in [-0.2, -0.15) is 0 Å². The molecule has 5 atom stereocenters. The topological polar surface area (TPSA) is 237 Å². The standard InChI is InChI=1S/C77H150O17P2/c1-67(2)53-45-37-29-22-18-14-10-9-11-16-20-24-34-43-51-59-76(81)93-72(63-87-74(79)57-49-41-33-27-26-31-39-47-55-69(5)6)65-91-95(83,84)89-61-71(78)62-90-96(85,86)92-66-73(64-88-75(80)58-50-42-36-28-32-40-48-56-70(7)8)94-77(82)60-52-44-35-25-21-17-13-12-15-19-23-30-38-46-54-68(3)4/h67-73,78H,9-66H2,1-8H3,(H,83,84)(H,85,86)/t71?,72-,73-/m1/s1. The van der Waals surface area contributed by atoms with E-state index in [1.807, 2.05) is 0 Å². The molecule has 96 heavy (non-hydrogen) atoms. The van der Waals surface area contributed by atoms with Gasteiger partial charge in [-0.3, -0.25) is 37.3 Å². The monoisotopic (exact) mass is 1410 g/mol. The Kier molecular flexibility index (Phi) is 65.0. The number of rotatable bonds is 74. The minimum atomic E-state index is -4.96. The van der Waals surface area contributed by atoms with Crippen molar-refractivity contribution < 1.29 is 80.2 Å². The zero-order valence-electron chi connectivity index (χ0n) is 63.0. The first-order chi connectivity index (χ1) is 46.1. The molecular formula is C77H150O17P2. The van der Waals surface area contributed by atoms with Crippen molar-refractivity contribution >= 4 is 39.5 Å². The first-order valence-corrected chi connectivity index (χ1v) is 42.7. The third-order valence-corrected chi connectivity index (χ3v) is 19.7. The van der Waals surface area contributed by atoms with Crippen LogP contribution in [0.4, 0.5) is 0 Å². The van der Waals surface area contributed by atoms with Crippen LogP contribution in [0.2, 0.25) is 0 Å². The van der Waals surface area contributed by atoms with E-state index in [2.05, 4.69) is 55.4 Å². The van der Waals surface area contributed by atoms with E-state index >= 15 is 0 Å². The van der Waals surface area contributed by atoms with Crippen molar-refractivity contribution in [3.8, 4) is 0 Å². The van der Waals surface area contributed by atoms with E-state index in [1.54, 1.807) is 0 Å². The Morgan fingerprint density at radius 2 is 0.438 bits per heavy atom. The minimum absolute atomic E-state index is 0.106. The normalized spacial score (nSPS) is 14.1. The van der Waals surface area contributed by atoms with Crippen LogP contribution in [-0.4, -0.2) is 96.7 Å². The molecule has 0 amide bonds. The molecule has 17 nitrogen and oxygen atoms in total. The van der Waals surface area contributed by atoms with Gasteiger partial charge in [0.1, 0.15) is 19.3 Å². The fourth-order valence-electron chi connectivity index (χ4n) is 11.7. The predicted molar refractivity (Wildman–Crippen MR) is 391 cm³/mol. The molecular weight excluding hydrogens is 1260 g/mol. The number of phosphoric ester groups is 2. The zero-order valence-corrected chi connectivity index (χ0v) is 64.8. The smallest absolute Gasteiger partial charge is 0.462 e. The third kappa shape index (κ3) is 70.5. The highest BCUT2D eigenvalue weighted by Crippen LogP contribution is 2.45. The Bertz CT molecular complexity index is 1880. The molecule has 0 saturated carbocycles. The fourth-order valence-corrected chi connectivity index (χ4v) is 13.3. The summed E-state index contributed by atoms with van der Waals surface area (Å²) in [4.78, 5) is 72.8. The van der Waals surface area contributed by atoms with Crippen LogP contribution >= 0.6 is 15.6 Å². The van der Waals surface area contributed by atoms with Crippen LogP contribution < -0.4 is 0 Å². The van der Waals surface area contributed by atoms with Crippen molar-refractivity contribution in [1.29, 1.82) is 0 Å². The molecule has 3 unspecified atom stereocenters. The second-order valence-corrected chi connectivity index (χ2v) is 32.6. The van der Waals surface area contributed by atoms with Gasteiger partial charge in [0.15, 0.2) is 12.2 Å². The van der Waals surface area contributed by atoms with Crippen LogP contribution in [0.5, 0.6) is 0 Å². The van der Waals surface area contributed by atoms with Gasteiger partial charge in [0.2, 0.25) is 0 Å². The van der Waals surface area contributed by atoms with Crippen molar-refractivity contribution in [3.05, 3.63) is 0 Å². The Hall–Kier alpha value is -1.94. The maximum absolute atomic E-state index is 13.1. The van der Waals surface area contributed by atoms with Gasteiger partial charge in [0, 0.05) is 25.7 Å². The largest absolute Gasteiger partial charge is 0.472 e. The van der Waals surface area contributed by atoms with E-state index < -0.39 is 97.5 Å². The van der Waals surface area contributed by atoms with Crippen LogP contribution in [0.1, 0.15) is 389 Å². The lowest BCUT2D eigenvalue weighted by Gasteiger charge is -2.21. The summed E-state index contributed by atoms with van der Waals surface area (Å²) in [5, 5.41) is 10.6. The summed E-state index contributed by atoms with van der Waals surface area (Å²) < 4.78 is 68.5. The number of unbranched alkanes of at least 4 members (excludes halogenated alkanes) is 40. The lowest BCUT2D eigenvalue weighted by molar-refractivity contribution is -0.161. The van der Waals surface area contributed by atoms with Gasteiger partial charge in [-0.25, -0.2) is 9.13 Å². The number of phosphoric acid groups is 2. The lowest BCUT2D eigenvalue weighted by Crippen LogP contribution is -2.30. The number of hydrogen-bond donors (Lipinski definition) is 3. The van der Waals surface area contributed by atoms with Crippen molar-refractivity contribution in [1.82, 2.24) is 0 Å². The molecule has 19 heteroatoms. The van der Waals surface area contributed by atoms with Gasteiger partial charge in [-0.05, 0) is 49.4 Å². The SMILES string of the molecule is CC(C)CCCCCCCCCCCCCCCCCC(=O)O[C@H](COC(=O)CCCCCCCCCCC(C)C)COP(=O)(O)OCC(O)COP(=O)(O)OC[C@@H](COC(=O)CCCCCCCCCC(C)C)OC(=O)CCCCCCCCCCCCCCCCC(C)C. The van der Waals surface area contributed by atoms with Crippen LogP contribution in [0.15, 0.2) is 0 Å². The Labute approximate surface area is 588 Å². The average molecular weight is 1410 g/mol. The molecule has 0 fully saturated rings. The fraction of sp³-hybridized carbons (Fsp3) is 0.948. The van der Waals surface area contributed by atoms with Gasteiger partial charge in [0.05, 0.1) is 26.4 Å². The molecule has 3 N–H and O–H groups in total. The van der Waals surface area contributed by atoms with Crippen LogP contribution in [0.25, 0.3) is 0 Å². The Morgan fingerprint density at radius 1 is 0.260 bits per heavy atom. The molecule has 0 saturated heterocycles. The predicted octanol–water partition coefficient (Wildman–Crippen LogP) is 22.4. The summed E-state index contributed by atoms with van der Waals surface area (Å²) in [6.45, 7) is 14.2. The van der Waals surface area contributed by atoms with Crippen LogP contribution in [-0.2, 0) is 65.4 Å². The number of esters is 4. The van der Waals surface area contributed by atoms with Gasteiger partial charge in [-0.15, -0.1) is 0 Å². The first kappa shape index (κ1) is 94.1. The van der Waals surface area contributed by atoms with Crippen LogP contribution in [0, 0.1) is 23.7 Å². The number of hydrogen-bond acceptors (Lipinski definition) is 15. The van der Waals surface area contributed by atoms with E-state index in [4.69, 9.17) is 37.0 Å². The van der Waals surface area contributed by atoms with Crippen molar-refractivity contribution in [2.75, 3.05) is 39.6 Å². The highest BCUT2D eigenvalue weighted by atomic mass is 31.2. The third-order valence-electron chi connectivity index (χ3n) is 17.8. The molecule has 570 valence electrons. The second-order valence-electron chi connectivity index (χ2n) is 29.7. The van der Waals surface area contributed by atoms with E-state index in [1.165, 1.54) is 186 Å². The average Bonchev–Trinajstić information content (AvgIpc) is 1.25. The Morgan fingerprint density at radius 3 is 0.646 bits per heavy atom. The summed E-state index contributed by atoms with van der Waals surface area (Å²) in [6.07, 6.45) is 51.5. The molecule has 0 heterocycles. The molecule has 0 aliphatic carbocycles. The van der Waals surface area contributed by atoms with Gasteiger partial charge < -0.3 is 33.8 Å². The molecule has 0 rings (SSSR count). The summed E-state index contributed by atoms with van der Waals surface area (Å²) in [5.41, 5.74) is 0. The van der Waals surface area contributed by atoms with E-state index in [9.17, 15) is 43.2 Å². The lowest BCUT2D eigenvalue weighted by atomic mass is 10.0. The number of carbonyl (C=O) groups excluding carboxylic acids is 4. The van der Waals surface area contributed by atoms with Gasteiger partial charge >= 0.3 is 39.5 Å². The van der Waals surface area contributed by atoms with Crippen LogP contribution in [0.3, 0.4) is 0 Å². The zero-order chi connectivity index (χ0) is 71.0. The number of carbonyl (C=O) groups is 4. The molecule has 0 aromatic heterocycles. The highest BCUT2D eigenvalue weighted by Gasteiger charge is 2.30. The summed E-state index contributed by atoms with van der Waals surface area (Å²) >= 11 is 0. The number of aliphatic hydroxyl groups excluding tert-OH is 1. The van der Waals surface area contributed by atoms with Crippen molar-refractivity contribution in [2.24, 2.45) is 23.7 Å². The maximum Gasteiger partial charge on any atom is 0.472 e. The Balaban J connectivity index is 5.22. The maximum atomic E-state index is 13.1. The minimum Gasteiger partial charge on any atom is -0.462 e. The molecule has 0 spiro atoms. The van der Waals surface area contributed by atoms with Crippen molar-refractivity contribution in [2.45, 2.75) is 408 Å². The van der Waals surface area contributed by atoms with E-state index in [0.717, 1.165) is 114 Å². The summed E-state index contributed by atoms with van der Waals surface area (Å²) in [7, 11) is -9.91. The van der Waals surface area contributed by atoms with Gasteiger partial charge in [-0.1, -0.05) is 338 Å². The molecule has 0 aliphatic rings. The molecule has 0 aromatic carbocycles. The second kappa shape index (κ2) is 66.3. The highest BCUT2D eigenvalue weighted by molar-refractivity contribution is 7.47. The summed E-state index contributed by atoms with van der Waals surface area (Å²) in [6, 6.07) is 0. The molecule has 0 aliphatic heterocycles. The summed E-state index contributed by atoms with van der Waals surface area (Å²) in [5.74, 6) is 0.908. The first-order valence-electron chi connectivity index (χ1n) is 39.7. The van der Waals surface area contributed by atoms with E-state index in [0.29, 0.717) is 31.6 Å². The number of ether oxygens (including phenoxy) is 4. The molecule has 0 aromatic rings. The quantitative estimate of drug-likeness (QED) is 0.0222. The van der Waals surface area contributed by atoms with Crippen molar-refractivity contribution in [3.63, 3.8) is 0 Å². The number of aliphatic hydroxyl groups is 1. The van der Waals surface area contributed by atoms with Gasteiger partial charge in [0.25, 0.3) is 0 Å². The van der Waals surface area contributed by atoms with E-state index in [-0.39, 0.29) is 25.7 Å². The molecule has 0 radical (unpaired) electrons.